The third-order valence-corrected chi connectivity index (χ3v) is 5.75. The molecule has 0 bridgehead atoms. The molecule has 1 aliphatic rings. The van der Waals surface area contributed by atoms with Gasteiger partial charge in [-0.05, 0) is 36.8 Å². The molecule has 0 aliphatic carbocycles. The third kappa shape index (κ3) is 4.92. The fourth-order valence-electron chi connectivity index (χ4n) is 3.27. The highest BCUT2D eigenvalue weighted by Gasteiger charge is 2.50. The van der Waals surface area contributed by atoms with Crippen molar-refractivity contribution in [3.8, 4) is 5.75 Å². The minimum Gasteiger partial charge on any atom is -0.458 e. The summed E-state index contributed by atoms with van der Waals surface area (Å²) in [6.07, 6.45) is -3.57. The van der Waals surface area contributed by atoms with Gasteiger partial charge in [-0.1, -0.05) is 12.1 Å². The van der Waals surface area contributed by atoms with E-state index in [4.69, 9.17) is 9.47 Å². The van der Waals surface area contributed by atoms with Crippen LogP contribution in [0.4, 0.5) is 22.0 Å². The van der Waals surface area contributed by atoms with Gasteiger partial charge in [0.25, 0.3) is 5.95 Å². The summed E-state index contributed by atoms with van der Waals surface area (Å²) in [5, 5.41) is 0. The Morgan fingerprint density at radius 2 is 1.70 bits per heavy atom. The van der Waals surface area contributed by atoms with Crippen molar-refractivity contribution in [1.29, 1.82) is 0 Å². The first-order valence-corrected chi connectivity index (χ1v) is 10.6. The van der Waals surface area contributed by atoms with Crippen LogP contribution >= 0.6 is 0 Å². The molecule has 2 aromatic rings. The summed E-state index contributed by atoms with van der Waals surface area (Å²) in [6, 6.07) is 8.05. The van der Waals surface area contributed by atoms with Crippen LogP contribution in [0.1, 0.15) is 24.8 Å². The van der Waals surface area contributed by atoms with Crippen LogP contribution in [0.5, 0.6) is 5.75 Å². The lowest BCUT2D eigenvalue weighted by molar-refractivity contribution is -0.179. The normalized spacial score (nSPS) is 21.8. The Morgan fingerprint density at radius 1 is 1.07 bits per heavy atom. The van der Waals surface area contributed by atoms with E-state index in [2.05, 4.69) is 0 Å². The molecule has 0 N–H and O–H groups in total. The molecule has 162 valence electrons. The average molecular weight is 448 g/mol. The van der Waals surface area contributed by atoms with Gasteiger partial charge in [-0.15, -0.1) is 0 Å². The van der Waals surface area contributed by atoms with Crippen LogP contribution in [-0.4, -0.2) is 26.5 Å². The molecular formula is C20H17F5O4S. The smallest absolute Gasteiger partial charge is 0.392 e. The standard InChI is InChI=1S/C20H17F5O4S/c1-19(11-20(23,24)25)15(12-3-6-14(7-4-12)30(2,26)27)10-18(29-19)28-13-5-8-16(21)17(22)9-13/h3-10,15H,11H2,1-2H3. The molecule has 2 aromatic carbocycles. The van der Waals surface area contributed by atoms with Gasteiger partial charge in [0, 0.05) is 24.3 Å². The maximum Gasteiger partial charge on any atom is 0.392 e. The summed E-state index contributed by atoms with van der Waals surface area (Å²) in [6.45, 7) is 1.24. The number of ether oxygens (including phenoxy) is 2. The predicted octanol–water partition coefficient (Wildman–Crippen LogP) is 5.11. The molecule has 30 heavy (non-hydrogen) atoms. The van der Waals surface area contributed by atoms with E-state index in [1.165, 1.54) is 37.3 Å². The number of rotatable bonds is 5. The SMILES string of the molecule is CC1(CC(F)(F)F)OC(Oc2ccc(F)c(F)c2)=CC1c1ccc(S(C)(=O)=O)cc1. The van der Waals surface area contributed by atoms with E-state index in [-0.39, 0.29) is 16.6 Å². The number of hydrogen-bond acceptors (Lipinski definition) is 4. The molecule has 2 atom stereocenters. The maximum atomic E-state index is 13.4. The van der Waals surface area contributed by atoms with Gasteiger partial charge in [0.1, 0.15) is 11.4 Å². The Hall–Kier alpha value is -2.62. The molecule has 0 spiro atoms. The average Bonchev–Trinajstić information content (AvgIpc) is 2.91. The lowest BCUT2D eigenvalue weighted by Gasteiger charge is -2.32. The van der Waals surface area contributed by atoms with E-state index < -0.39 is 45.6 Å². The largest absolute Gasteiger partial charge is 0.458 e. The Labute approximate surface area is 169 Å². The van der Waals surface area contributed by atoms with Gasteiger partial charge in [0.05, 0.1) is 11.3 Å². The van der Waals surface area contributed by atoms with Gasteiger partial charge < -0.3 is 9.47 Å². The molecule has 10 heteroatoms. The molecular weight excluding hydrogens is 431 g/mol. The molecule has 0 aromatic heterocycles. The van der Waals surface area contributed by atoms with Crippen LogP contribution in [-0.2, 0) is 14.6 Å². The number of alkyl halides is 3. The quantitative estimate of drug-likeness (QED) is 0.597. The van der Waals surface area contributed by atoms with Gasteiger partial charge in [-0.25, -0.2) is 17.2 Å². The molecule has 1 heterocycles. The van der Waals surface area contributed by atoms with Crippen molar-refractivity contribution in [2.45, 2.75) is 35.9 Å². The molecule has 0 saturated carbocycles. The van der Waals surface area contributed by atoms with Crippen molar-refractivity contribution in [3.63, 3.8) is 0 Å². The van der Waals surface area contributed by atoms with Crippen LogP contribution < -0.4 is 4.74 Å². The zero-order valence-corrected chi connectivity index (χ0v) is 16.7. The van der Waals surface area contributed by atoms with Gasteiger partial charge in [-0.2, -0.15) is 13.2 Å². The van der Waals surface area contributed by atoms with Crippen molar-refractivity contribution in [1.82, 2.24) is 0 Å². The van der Waals surface area contributed by atoms with E-state index in [1.807, 2.05) is 0 Å². The molecule has 3 rings (SSSR count). The van der Waals surface area contributed by atoms with Gasteiger partial charge in [0.15, 0.2) is 21.5 Å². The number of benzene rings is 2. The van der Waals surface area contributed by atoms with E-state index >= 15 is 0 Å². The first kappa shape index (κ1) is 22.1. The van der Waals surface area contributed by atoms with Crippen LogP contribution in [0.15, 0.2) is 59.4 Å². The summed E-state index contributed by atoms with van der Waals surface area (Å²) >= 11 is 0. The minimum absolute atomic E-state index is 0.0185. The van der Waals surface area contributed by atoms with Gasteiger partial charge in [0.2, 0.25) is 0 Å². The third-order valence-electron chi connectivity index (χ3n) is 4.62. The summed E-state index contributed by atoms with van der Waals surface area (Å²) in [4.78, 5) is 0.0185. The Bertz CT molecular complexity index is 1080. The Morgan fingerprint density at radius 3 is 2.23 bits per heavy atom. The maximum absolute atomic E-state index is 13.4. The van der Waals surface area contributed by atoms with Gasteiger partial charge >= 0.3 is 6.18 Å². The highest BCUT2D eigenvalue weighted by molar-refractivity contribution is 7.90. The van der Waals surface area contributed by atoms with E-state index in [9.17, 15) is 30.4 Å². The second-order valence-corrected chi connectivity index (χ2v) is 9.20. The lowest BCUT2D eigenvalue weighted by atomic mass is 9.82. The van der Waals surface area contributed by atoms with Crippen LogP contribution in [0.3, 0.4) is 0 Å². The van der Waals surface area contributed by atoms with E-state index in [1.54, 1.807) is 0 Å². The number of halogens is 5. The summed E-state index contributed by atoms with van der Waals surface area (Å²) < 4.78 is 100. The number of hydrogen-bond donors (Lipinski definition) is 0. The van der Waals surface area contributed by atoms with Crippen molar-refractivity contribution in [2.75, 3.05) is 6.26 Å². The van der Waals surface area contributed by atoms with Crippen LogP contribution in [0.25, 0.3) is 0 Å². The van der Waals surface area contributed by atoms with E-state index in [0.717, 1.165) is 24.5 Å². The lowest BCUT2D eigenvalue weighted by Crippen LogP contribution is -2.36. The Balaban J connectivity index is 1.95. The second kappa shape index (κ2) is 7.57. The fraction of sp³-hybridized carbons (Fsp3) is 0.300. The minimum atomic E-state index is -4.56. The number of sulfone groups is 1. The molecule has 0 saturated heterocycles. The summed E-state index contributed by atoms with van der Waals surface area (Å²) in [7, 11) is -3.48. The predicted molar refractivity (Wildman–Crippen MR) is 97.5 cm³/mol. The Kier molecular flexibility index (Phi) is 5.57. The summed E-state index contributed by atoms with van der Waals surface area (Å²) in [5.41, 5.74) is -1.42. The summed E-state index contributed by atoms with van der Waals surface area (Å²) in [5.74, 6) is -3.67. The van der Waals surface area contributed by atoms with Crippen LogP contribution in [0, 0.1) is 11.6 Å². The van der Waals surface area contributed by atoms with Crippen molar-refractivity contribution in [3.05, 3.63) is 71.7 Å². The monoisotopic (exact) mass is 448 g/mol. The molecule has 4 nitrogen and oxygen atoms in total. The highest BCUT2D eigenvalue weighted by atomic mass is 32.2. The fourth-order valence-corrected chi connectivity index (χ4v) is 3.90. The zero-order valence-electron chi connectivity index (χ0n) is 15.8. The van der Waals surface area contributed by atoms with Crippen molar-refractivity contribution < 1.29 is 39.8 Å². The molecule has 0 fully saturated rings. The zero-order chi connectivity index (χ0) is 22.3. The second-order valence-electron chi connectivity index (χ2n) is 7.19. The van der Waals surface area contributed by atoms with Crippen LogP contribution in [0.2, 0.25) is 0 Å². The molecule has 2 unspecified atom stereocenters. The molecule has 0 radical (unpaired) electrons. The van der Waals surface area contributed by atoms with Crippen molar-refractivity contribution >= 4 is 9.84 Å². The topological polar surface area (TPSA) is 52.6 Å². The first-order valence-electron chi connectivity index (χ1n) is 8.67. The van der Waals surface area contributed by atoms with Gasteiger partial charge in [-0.3, -0.25) is 0 Å². The van der Waals surface area contributed by atoms with E-state index in [0.29, 0.717) is 5.56 Å². The highest BCUT2D eigenvalue weighted by Crippen LogP contribution is 2.47. The molecule has 1 aliphatic heterocycles. The molecule has 0 amide bonds. The van der Waals surface area contributed by atoms with Crippen molar-refractivity contribution in [2.24, 2.45) is 0 Å². The first-order chi connectivity index (χ1) is 13.8.